The predicted octanol–water partition coefficient (Wildman–Crippen LogP) is 1.61. The number of carbonyl (C=O) groups excluding carboxylic acids is 1. The van der Waals surface area contributed by atoms with E-state index in [0.29, 0.717) is 16.9 Å². The van der Waals surface area contributed by atoms with Gasteiger partial charge in [0.15, 0.2) is 0 Å². The molecule has 1 aromatic rings. The maximum Gasteiger partial charge on any atom is 0.416 e. The number of alkyl halides is 3. The van der Waals surface area contributed by atoms with Crippen molar-refractivity contribution in [2.45, 2.75) is 13.1 Å². The number of carbonyl (C=O) groups is 1. The first-order chi connectivity index (χ1) is 9.55. The van der Waals surface area contributed by atoms with Gasteiger partial charge in [-0.1, -0.05) is 6.07 Å². The van der Waals surface area contributed by atoms with Crippen molar-refractivity contribution in [3.05, 3.63) is 29.8 Å². The molecular weight excluding hydrogens is 309 g/mol. The van der Waals surface area contributed by atoms with Crippen molar-refractivity contribution in [3.63, 3.8) is 0 Å². The Bertz CT molecular complexity index is 614. The molecular formula is C12H15F3N2O3S. The number of hydrogen-bond acceptors (Lipinski definition) is 3. The number of hydrogen-bond donors (Lipinski definition) is 1. The second-order valence-electron chi connectivity index (χ2n) is 4.27. The van der Waals surface area contributed by atoms with Crippen LogP contribution >= 0.6 is 0 Å². The molecule has 0 spiro atoms. The van der Waals surface area contributed by atoms with Gasteiger partial charge in [0.25, 0.3) is 0 Å². The van der Waals surface area contributed by atoms with Gasteiger partial charge in [0.05, 0.1) is 17.5 Å². The standard InChI is InChI=1S/C12H15F3N2O3S/c1-3-16-11(18)8-17(21(2,19)20)10-6-4-5-9(7-10)12(13,14)15/h4-7H,3,8H2,1-2H3,(H,16,18). The monoisotopic (exact) mass is 324 g/mol. The highest BCUT2D eigenvalue weighted by molar-refractivity contribution is 7.92. The van der Waals surface area contributed by atoms with E-state index < -0.39 is 34.2 Å². The van der Waals surface area contributed by atoms with Gasteiger partial charge in [0.1, 0.15) is 6.54 Å². The number of amides is 1. The van der Waals surface area contributed by atoms with Crippen LogP contribution in [0.15, 0.2) is 24.3 Å². The van der Waals surface area contributed by atoms with Crippen molar-refractivity contribution in [1.29, 1.82) is 0 Å². The molecule has 0 unspecified atom stereocenters. The second kappa shape index (κ2) is 6.33. The van der Waals surface area contributed by atoms with Crippen molar-refractivity contribution in [3.8, 4) is 0 Å². The fraction of sp³-hybridized carbons (Fsp3) is 0.417. The highest BCUT2D eigenvalue weighted by Crippen LogP contribution is 2.32. The lowest BCUT2D eigenvalue weighted by atomic mass is 10.2. The molecule has 5 nitrogen and oxygen atoms in total. The summed E-state index contributed by atoms with van der Waals surface area (Å²) >= 11 is 0. The minimum atomic E-state index is -4.59. The quantitative estimate of drug-likeness (QED) is 0.895. The van der Waals surface area contributed by atoms with Crippen LogP contribution in [-0.2, 0) is 21.0 Å². The zero-order chi connectivity index (χ0) is 16.3. The number of anilines is 1. The summed E-state index contributed by atoms with van der Waals surface area (Å²) in [5.74, 6) is -0.597. The highest BCUT2D eigenvalue weighted by atomic mass is 32.2. The van der Waals surface area contributed by atoms with Crippen molar-refractivity contribution in [2.24, 2.45) is 0 Å². The fourth-order valence-corrected chi connectivity index (χ4v) is 2.47. The molecule has 0 aliphatic carbocycles. The molecule has 1 rings (SSSR count). The SMILES string of the molecule is CCNC(=O)CN(c1cccc(C(F)(F)F)c1)S(C)(=O)=O. The van der Waals surface area contributed by atoms with Crippen molar-refractivity contribution >= 4 is 21.6 Å². The van der Waals surface area contributed by atoms with Crippen molar-refractivity contribution in [2.75, 3.05) is 23.7 Å². The normalized spacial score (nSPS) is 12.0. The maximum atomic E-state index is 12.7. The third kappa shape index (κ3) is 4.92. The molecule has 0 fully saturated rings. The molecule has 0 aliphatic heterocycles. The van der Waals surface area contributed by atoms with Crippen LogP contribution in [0, 0.1) is 0 Å². The molecule has 21 heavy (non-hydrogen) atoms. The Morgan fingerprint density at radius 1 is 1.33 bits per heavy atom. The van der Waals surface area contributed by atoms with Gasteiger partial charge in [-0.2, -0.15) is 13.2 Å². The number of nitrogens with zero attached hydrogens (tertiary/aromatic N) is 1. The second-order valence-corrected chi connectivity index (χ2v) is 6.18. The first-order valence-electron chi connectivity index (χ1n) is 5.97. The van der Waals surface area contributed by atoms with Crippen LogP contribution in [0.2, 0.25) is 0 Å². The smallest absolute Gasteiger partial charge is 0.355 e. The van der Waals surface area contributed by atoms with Gasteiger partial charge in [-0.15, -0.1) is 0 Å². The zero-order valence-electron chi connectivity index (χ0n) is 11.4. The third-order valence-corrected chi connectivity index (χ3v) is 3.66. The fourth-order valence-electron chi connectivity index (χ4n) is 1.62. The summed E-state index contributed by atoms with van der Waals surface area (Å²) in [6, 6.07) is 3.82. The Kier molecular flexibility index (Phi) is 5.21. The van der Waals surface area contributed by atoms with Gasteiger partial charge in [0.2, 0.25) is 15.9 Å². The first-order valence-corrected chi connectivity index (χ1v) is 7.82. The van der Waals surface area contributed by atoms with Crippen LogP contribution in [0.1, 0.15) is 12.5 Å². The van der Waals surface area contributed by atoms with Gasteiger partial charge < -0.3 is 5.32 Å². The van der Waals surface area contributed by atoms with Crippen LogP contribution in [0.25, 0.3) is 0 Å². The molecule has 0 heterocycles. The molecule has 118 valence electrons. The van der Waals surface area contributed by atoms with Crippen LogP contribution < -0.4 is 9.62 Å². The molecule has 9 heteroatoms. The minimum absolute atomic E-state index is 0.210. The van der Waals surface area contributed by atoms with Crippen LogP contribution in [-0.4, -0.2) is 33.7 Å². The lowest BCUT2D eigenvalue weighted by Crippen LogP contribution is -2.40. The number of benzene rings is 1. The molecule has 0 radical (unpaired) electrons. The Labute approximate surface area is 120 Å². The summed E-state index contributed by atoms with van der Waals surface area (Å²) in [4.78, 5) is 11.5. The molecule has 1 N–H and O–H groups in total. The van der Waals surface area contributed by atoms with Crippen molar-refractivity contribution < 1.29 is 26.4 Å². The topological polar surface area (TPSA) is 66.5 Å². The summed E-state index contributed by atoms with van der Waals surface area (Å²) in [6.45, 7) is 1.36. The number of likely N-dealkylation sites (N-methyl/N-ethyl adjacent to an activating group) is 1. The van der Waals surface area contributed by atoms with E-state index >= 15 is 0 Å². The van der Waals surface area contributed by atoms with Gasteiger partial charge >= 0.3 is 6.18 Å². The summed E-state index contributed by atoms with van der Waals surface area (Å²) in [7, 11) is -3.89. The van der Waals surface area contributed by atoms with Crippen LogP contribution in [0.4, 0.5) is 18.9 Å². The Morgan fingerprint density at radius 3 is 2.43 bits per heavy atom. The molecule has 0 bridgehead atoms. The van der Waals surface area contributed by atoms with E-state index in [0.717, 1.165) is 18.4 Å². The third-order valence-electron chi connectivity index (χ3n) is 2.52. The number of sulfonamides is 1. The minimum Gasteiger partial charge on any atom is -0.355 e. The summed E-state index contributed by atoms with van der Waals surface area (Å²) < 4.78 is 62.0. The lowest BCUT2D eigenvalue weighted by molar-refractivity contribution is -0.137. The molecule has 1 amide bonds. The number of nitrogens with one attached hydrogen (secondary N) is 1. The maximum absolute atomic E-state index is 12.7. The summed E-state index contributed by atoms with van der Waals surface area (Å²) in [5.41, 5.74) is -1.19. The average Bonchev–Trinajstić information content (AvgIpc) is 2.34. The number of rotatable bonds is 5. The van der Waals surface area contributed by atoms with Crippen LogP contribution in [0.5, 0.6) is 0 Å². The molecule has 0 saturated heterocycles. The van der Waals surface area contributed by atoms with E-state index in [1.807, 2.05) is 0 Å². The predicted molar refractivity (Wildman–Crippen MR) is 72.3 cm³/mol. The molecule has 0 atom stereocenters. The Balaban J connectivity index is 3.19. The Hall–Kier alpha value is -1.77. The largest absolute Gasteiger partial charge is 0.416 e. The first kappa shape index (κ1) is 17.3. The molecule has 0 saturated carbocycles. The van der Waals surface area contributed by atoms with Crippen LogP contribution in [0.3, 0.4) is 0 Å². The van der Waals surface area contributed by atoms with E-state index in [-0.39, 0.29) is 5.69 Å². The van der Waals surface area contributed by atoms with E-state index in [2.05, 4.69) is 5.32 Å². The van der Waals surface area contributed by atoms with Gasteiger partial charge in [0, 0.05) is 6.54 Å². The van der Waals surface area contributed by atoms with Gasteiger partial charge in [-0.25, -0.2) is 8.42 Å². The van der Waals surface area contributed by atoms with E-state index in [1.54, 1.807) is 6.92 Å². The van der Waals surface area contributed by atoms with Gasteiger partial charge in [-0.05, 0) is 25.1 Å². The number of halogens is 3. The lowest BCUT2D eigenvalue weighted by Gasteiger charge is -2.22. The summed E-state index contributed by atoms with van der Waals surface area (Å²) in [5, 5.41) is 2.40. The Morgan fingerprint density at radius 2 is 1.95 bits per heavy atom. The van der Waals surface area contributed by atoms with Crippen molar-refractivity contribution in [1.82, 2.24) is 5.32 Å². The molecule has 0 aliphatic rings. The molecule has 1 aromatic carbocycles. The van der Waals surface area contributed by atoms with Gasteiger partial charge in [-0.3, -0.25) is 9.10 Å². The summed E-state index contributed by atoms with van der Waals surface area (Å²) in [6.07, 6.45) is -3.77. The molecule has 0 aromatic heterocycles. The zero-order valence-corrected chi connectivity index (χ0v) is 12.3. The van der Waals surface area contributed by atoms with E-state index in [4.69, 9.17) is 0 Å². The highest BCUT2D eigenvalue weighted by Gasteiger charge is 2.31. The average molecular weight is 324 g/mol. The van der Waals surface area contributed by atoms with E-state index in [9.17, 15) is 26.4 Å². The van der Waals surface area contributed by atoms with E-state index in [1.165, 1.54) is 6.07 Å².